The molecule has 0 aliphatic heterocycles. The van der Waals surface area contributed by atoms with Gasteiger partial charge < -0.3 is 10.1 Å². The number of carbonyl (C=O) groups is 1. The highest BCUT2D eigenvalue weighted by molar-refractivity contribution is 5.89. The lowest BCUT2D eigenvalue weighted by Gasteiger charge is -2.06. The van der Waals surface area contributed by atoms with E-state index in [-0.39, 0.29) is 5.97 Å². The van der Waals surface area contributed by atoms with Gasteiger partial charge >= 0.3 is 5.97 Å². The molecule has 0 spiro atoms. The van der Waals surface area contributed by atoms with Crippen LogP contribution in [-0.4, -0.2) is 12.6 Å². The minimum atomic E-state index is -0.204. The van der Waals surface area contributed by atoms with Crippen LogP contribution in [0.2, 0.25) is 0 Å². The second-order valence-electron chi connectivity index (χ2n) is 6.98. The molecule has 0 aliphatic rings. The minimum Gasteiger partial charge on any atom is -0.462 e. The molecule has 0 saturated carbocycles. The molecule has 0 aliphatic carbocycles. The quantitative estimate of drug-likeness (QED) is 0.338. The molecule has 1 aromatic carbocycles. The van der Waals surface area contributed by atoms with E-state index in [2.05, 4.69) is 12.2 Å². The predicted octanol–water partition coefficient (Wildman–Crippen LogP) is 5.36. The maximum absolute atomic E-state index is 12.0. The highest BCUT2D eigenvalue weighted by atomic mass is 16.5. The van der Waals surface area contributed by atoms with Crippen molar-refractivity contribution in [3.8, 4) is 0 Å². The Morgan fingerprint density at radius 2 is 1.50 bits per heavy atom. The molecule has 0 radical (unpaired) electrons. The Labute approximate surface area is 160 Å². The molecule has 0 atom stereocenters. The number of nitrogens with two attached hydrogens (primary N) is 1. The van der Waals surface area contributed by atoms with E-state index >= 15 is 0 Å². The number of hydrogen-bond acceptors (Lipinski definition) is 2. The fourth-order valence-electron chi connectivity index (χ4n) is 2.95. The Hall–Kier alpha value is -1.61. The van der Waals surface area contributed by atoms with E-state index in [9.17, 15) is 4.79 Å². The van der Waals surface area contributed by atoms with Gasteiger partial charge in [0.2, 0.25) is 0 Å². The number of benzene rings is 1. The van der Waals surface area contributed by atoms with Crippen molar-refractivity contribution < 1.29 is 14.8 Å². The zero-order valence-corrected chi connectivity index (χ0v) is 16.8. The second kappa shape index (κ2) is 15.6. The van der Waals surface area contributed by atoms with E-state index in [1.807, 2.05) is 43.5 Å². The first-order valence-electron chi connectivity index (χ1n) is 10.5. The van der Waals surface area contributed by atoms with Crippen molar-refractivity contribution in [1.29, 1.82) is 0 Å². The number of carbonyl (C=O) groups excluding carboxylic acids is 1. The maximum Gasteiger partial charge on any atom is 0.338 e. The molecule has 26 heavy (non-hydrogen) atoms. The molecular formula is C23H38NO2+. The molecule has 1 rings (SSSR count). The van der Waals surface area contributed by atoms with Gasteiger partial charge in [-0.3, -0.25) is 0 Å². The lowest BCUT2D eigenvalue weighted by molar-refractivity contribution is -0.604. The molecule has 0 saturated heterocycles. The van der Waals surface area contributed by atoms with Crippen LogP contribution in [0.3, 0.4) is 0 Å². The number of hydrogen-bond donors (Lipinski definition) is 1. The highest BCUT2D eigenvalue weighted by Crippen LogP contribution is 2.11. The third kappa shape index (κ3) is 11.1. The average molecular weight is 361 g/mol. The number of esters is 1. The lowest BCUT2D eigenvalue weighted by Crippen LogP contribution is -2.76. The van der Waals surface area contributed by atoms with Gasteiger partial charge in [0.25, 0.3) is 0 Å². The molecule has 3 nitrogen and oxygen atoms in total. The largest absolute Gasteiger partial charge is 0.462 e. The molecule has 3 heteroatoms. The Morgan fingerprint density at radius 3 is 2.08 bits per heavy atom. The van der Waals surface area contributed by atoms with Gasteiger partial charge in [0.1, 0.15) is 6.54 Å². The summed E-state index contributed by atoms with van der Waals surface area (Å²) >= 11 is 0. The van der Waals surface area contributed by atoms with E-state index in [0.29, 0.717) is 12.2 Å². The summed E-state index contributed by atoms with van der Waals surface area (Å²) in [5.74, 6) is -0.204. The van der Waals surface area contributed by atoms with Gasteiger partial charge in [-0.25, -0.2) is 4.79 Å². The second-order valence-corrected chi connectivity index (χ2v) is 6.98. The SMILES string of the molecule is C/C=C\[NH2+]Cc1ccc(C(=O)OCCCCCCCCCCCC)cc1. The summed E-state index contributed by atoms with van der Waals surface area (Å²) < 4.78 is 5.38. The van der Waals surface area contributed by atoms with E-state index in [4.69, 9.17) is 4.74 Å². The van der Waals surface area contributed by atoms with E-state index in [1.165, 1.54) is 56.9 Å². The molecule has 0 unspecified atom stereocenters. The van der Waals surface area contributed by atoms with Crippen LogP contribution in [0.25, 0.3) is 0 Å². The standard InChI is InChI=1S/C23H37NO2/c1-3-5-6-7-8-9-10-11-12-13-19-26-23(25)22-16-14-21(15-17-22)20-24-18-4-2/h4,14-18,24H,3,5-13,19-20H2,1-2H3/p+1/b18-4-. The fraction of sp³-hybridized carbons (Fsp3) is 0.609. The van der Waals surface area contributed by atoms with Gasteiger partial charge in [0, 0.05) is 5.56 Å². The van der Waals surface area contributed by atoms with Crippen molar-refractivity contribution in [2.24, 2.45) is 0 Å². The van der Waals surface area contributed by atoms with Crippen LogP contribution in [0.1, 0.15) is 94.0 Å². The predicted molar refractivity (Wildman–Crippen MR) is 109 cm³/mol. The first-order chi connectivity index (χ1) is 12.8. The zero-order chi connectivity index (χ0) is 18.9. The number of unbranched alkanes of at least 4 members (excludes halogenated alkanes) is 9. The van der Waals surface area contributed by atoms with Crippen LogP contribution in [0.5, 0.6) is 0 Å². The van der Waals surface area contributed by atoms with Gasteiger partial charge in [0.15, 0.2) is 0 Å². The average Bonchev–Trinajstić information content (AvgIpc) is 2.66. The Morgan fingerprint density at radius 1 is 0.923 bits per heavy atom. The topological polar surface area (TPSA) is 42.9 Å². The van der Waals surface area contributed by atoms with Crippen molar-refractivity contribution in [1.82, 2.24) is 0 Å². The van der Waals surface area contributed by atoms with Crippen LogP contribution in [0, 0.1) is 0 Å². The monoisotopic (exact) mass is 360 g/mol. The van der Waals surface area contributed by atoms with Crippen LogP contribution < -0.4 is 5.32 Å². The normalized spacial score (nSPS) is 11.2. The van der Waals surface area contributed by atoms with Gasteiger partial charge in [-0.2, -0.15) is 0 Å². The molecule has 0 aromatic heterocycles. The molecule has 0 bridgehead atoms. The number of ether oxygens (including phenoxy) is 1. The Balaban J connectivity index is 2.04. The molecule has 146 valence electrons. The van der Waals surface area contributed by atoms with Crippen molar-refractivity contribution in [2.45, 2.75) is 84.6 Å². The van der Waals surface area contributed by atoms with E-state index in [1.54, 1.807) is 0 Å². The zero-order valence-electron chi connectivity index (χ0n) is 16.8. The Bertz CT molecular complexity index is 493. The third-order valence-electron chi connectivity index (χ3n) is 4.60. The number of allylic oxidation sites excluding steroid dienone is 1. The summed E-state index contributed by atoms with van der Waals surface area (Å²) in [4.78, 5) is 12.0. The summed E-state index contributed by atoms with van der Waals surface area (Å²) in [7, 11) is 0. The van der Waals surface area contributed by atoms with Gasteiger partial charge in [-0.05, 0) is 31.6 Å². The first-order valence-corrected chi connectivity index (χ1v) is 10.5. The van der Waals surface area contributed by atoms with Crippen LogP contribution in [0.4, 0.5) is 0 Å². The minimum absolute atomic E-state index is 0.204. The maximum atomic E-state index is 12.0. The summed E-state index contributed by atoms with van der Waals surface area (Å²) in [6.45, 7) is 5.68. The fourth-order valence-corrected chi connectivity index (χ4v) is 2.95. The van der Waals surface area contributed by atoms with Crippen molar-refractivity contribution in [3.63, 3.8) is 0 Å². The van der Waals surface area contributed by atoms with Crippen LogP contribution in [0.15, 0.2) is 36.5 Å². The van der Waals surface area contributed by atoms with E-state index in [0.717, 1.165) is 19.4 Å². The van der Waals surface area contributed by atoms with E-state index < -0.39 is 0 Å². The van der Waals surface area contributed by atoms with Crippen molar-refractivity contribution in [3.05, 3.63) is 47.7 Å². The highest BCUT2D eigenvalue weighted by Gasteiger charge is 2.06. The van der Waals surface area contributed by atoms with Gasteiger partial charge in [0.05, 0.1) is 18.4 Å². The summed E-state index contributed by atoms with van der Waals surface area (Å²) in [5, 5.41) is 2.11. The van der Waals surface area contributed by atoms with Crippen LogP contribution >= 0.6 is 0 Å². The van der Waals surface area contributed by atoms with Crippen molar-refractivity contribution in [2.75, 3.05) is 6.61 Å². The lowest BCUT2D eigenvalue weighted by atomic mass is 10.1. The molecule has 1 aromatic rings. The smallest absolute Gasteiger partial charge is 0.338 e. The summed E-state index contributed by atoms with van der Waals surface area (Å²) in [5.41, 5.74) is 1.85. The molecule has 0 amide bonds. The van der Waals surface area contributed by atoms with Gasteiger partial charge in [-0.1, -0.05) is 76.8 Å². The van der Waals surface area contributed by atoms with Crippen LogP contribution in [-0.2, 0) is 11.3 Å². The molecule has 0 heterocycles. The number of rotatable bonds is 15. The molecular weight excluding hydrogens is 322 g/mol. The first kappa shape index (κ1) is 22.4. The molecule has 2 N–H and O–H groups in total. The third-order valence-corrected chi connectivity index (χ3v) is 4.60. The Kier molecular flexibility index (Phi) is 13.5. The summed E-state index contributed by atoms with van der Waals surface area (Å²) in [6, 6.07) is 7.72. The van der Waals surface area contributed by atoms with Gasteiger partial charge in [-0.15, -0.1) is 0 Å². The van der Waals surface area contributed by atoms with Crippen molar-refractivity contribution >= 4 is 5.97 Å². The number of quaternary nitrogens is 1. The summed E-state index contributed by atoms with van der Waals surface area (Å²) in [6.07, 6.45) is 16.9. The molecule has 0 fully saturated rings.